The molecule has 0 radical (unpaired) electrons. The van der Waals surface area contributed by atoms with Crippen LogP contribution in [0.4, 0.5) is 0 Å². The van der Waals surface area contributed by atoms with E-state index < -0.39 is 11.6 Å². The molecule has 202 valence electrons. The van der Waals surface area contributed by atoms with Crippen LogP contribution >= 0.6 is 23.2 Å². The fourth-order valence-electron chi connectivity index (χ4n) is 4.39. The topological polar surface area (TPSA) is 58.6 Å². The van der Waals surface area contributed by atoms with E-state index in [1.54, 1.807) is 23.1 Å². The minimum atomic E-state index is -0.787. The van der Waals surface area contributed by atoms with Crippen LogP contribution < -0.4 is 10.1 Å². The number of rotatable bonds is 9. The van der Waals surface area contributed by atoms with Crippen molar-refractivity contribution in [3.8, 4) is 5.75 Å². The van der Waals surface area contributed by atoms with Crippen LogP contribution in [0.25, 0.3) is 10.8 Å². The molecule has 4 aromatic rings. The second kappa shape index (κ2) is 12.5. The Kier molecular flexibility index (Phi) is 9.16. The van der Waals surface area contributed by atoms with E-state index >= 15 is 0 Å². The molecule has 0 aliphatic rings. The molecule has 5 nitrogen and oxygen atoms in total. The molecule has 0 spiro atoms. The highest BCUT2D eigenvalue weighted by Gasteiger charge is 2.32. The normalized spacial score (nSPS) is 12.1. The smallest absolute Gasteiger partial charge is 0.261 e. The Morgan fingerprint density at radius 3 is 2.26 bits per heavy atom. The lowest BCUT2D eigenvalue weighted by atomic mass is 10.0. The van der Waals surface area contributed by atoms with Gasteiger partial charge in [0.15, 0.2) is 6.61 Å². The number of benzene rings is 4. The summed E-state index contributed by atoms with van der Waals surface area (Å²) >= 11 is 12.4. The highest BCUT2D eigenvalue weighted by Crippen LogP contribution is 2.27. The number of carbonyl (C=O) groups excluding carboxylic acids is 2. The highest BCUT2D eigenvalue weighted by molar-refractivity contribution is 6.42. The van der Waals surface area contributed by atoms with Crippen molar-refractivity contribution in [2.24, 2.45) is 0 Å². The summed E-state index contributed by atoms with van der Waals surface area (Å²) in [7, 11) is 0. The molecule has 0 saturated carbocycles. The molecule has 0 aromatic heterocycles. The maximum absolute atomic E-state index is 13.9. The van der Waals surface area contributed by atoms with E-state index in [4.69, 9.17) is 27.9 Å². The monoisotopic (exact) mass is 562 g/mol. The van der Waals surface area contributed by atoms with Gasteiger partial charge in [-0.15, -0.1) is 0 Å². The lowest BCUT2D eigenvalue weighted by Gasteiger charge is -2.34. The second-order valence-electron chi connectivity index (χ2n) is 10.5. The first-order valence-corrected chi connectivity index (χ1v) is 13.6. The van der Waals surface area contributed by atoms with Gasteiger partial charge in [0.25, 0.3) is 5.91 Å². The number of fused-ring (bicyclic) bond motifs is 1. The first-order valence-electron chi connectivity index (χ1n) is 12.8. The summed E-state index contributed by atoms with van der Waals surface area (Å²) in [4.78, 5) is 29.1. The zero-order chi connectivity index (χ0) is 28.0. The number of carbonyl (C=O) groups is 2. The lowest BCUT2D eigenvalue weighted by molar-refractivity contribution is -0.143. The highest BCUT2D eigenvalue weighted by atomic mass is 35.5. The molecular weight excluding hydrogens is 531 g/mol. The van der Waals surface area contributed by atoms with Crippen LogP contribution in [-0.4, -0.2) is 34.9 Å². The first kappa shape index (κ1) is 28.5. The predicted molar refractivity (Wildman–Crippen MR) is 158 cm³/mol. The van der Waals surface area contributed by atoms with E-state index in [-0.39, 0.29) is 25.0 Å². The van der Waals surface area contributed by atoms with Gasteiger partial charge < -0.3 is 15.0 Å². The second-order valence-corrected chi connectivity index (χ2v) is 11.3. The Hall–Kier alpha value is -3.54. The summed E-state index contributed by atoms with van der Waals surface area (Å²) in [5.74, 6) is 0.0404. The molecule has 0 aliphatic heterocycles. The number of hydrogen-bond acceptors (Lipinski definition) is 3. The minimum absolute atomic E-state index is 0.156. The van der Waals surface area contributed by atoms with Crippen molar-refractivity contribution in [3.63, 3.8) is 0 Å². The molecule has 0 aliphatic carbocycles. The zero-order valence-corrected chi connectivity index (χ0v) is 23.8. The Morgan fingerprint density at radius 2 is 1.54 bits per heavy atom. The van der Waals surface area contributed by atoms with E-state index in [1.165, 1.54) is 0 Å². The van der Waals surface area contributed by atoms with Gasteiger partial charge in [-0.25, -0.2) is 0 Å². The third-order valence-corrected chi connectivity index (χ3v) is 6.95. The molecule has 4 rings (SSSR count). The van der Waals surface area contributed by atoms with Gasteiger partial charge in [0.1, 0.15) is 11.8 Å². The summed E-state index contributed by atoms with van der Waals surface area (Å²) in [5.41, 5.74) is 1.21. The van der Waals surface area contributed by atoms with E-state index in [1.807, 2.05) is 93.6 Å². The molecule has 1 N–H and O–H groups in total. The summed E-state index contributed by atoms with van der Waals surface area (Å²) in [5, 5.41) is 5.79. The van der Waals surface area contributed by atoms with Crippen LogP contribution in [0.1, 0.15) is 31.9 Å². The number of ether oxygens (including phenoxy) is 1. The lowest BCUT2D eigenvalue weighted by Crippen LogP contribution is -2.55. The fourth-order valence-corrected chi connectivity index (χ4v) is 4.71. The van der Waals surface area contributed by atoms with Gasteiger partial charge in [0, 0.05) is 23.9 Å². The predicted octanol–water partition coefficient (Wildman–Crippen LogP) is 7.08. The maximum atomic E-state index is 13.9. The molecule has 4 aromatic carbocycles. The number of hydrogen-bond donors (Lipinski definition) is 1. The standard InChI is InChI=1S/C32H32Cl2N2O3/c1-32(2,3)35-31(38)28(19-22-10-5-4-6-11-22)36(20-23-16-17-26(33)27(34)18-23)30(37)21-39-29-15-9-13-24-12-7-8-14-25(24)29/h4-18,28H,19-21H2,1-3H3,(H,35,38)/t28-/m0/s1. The first-order chi connectivity index (χ1) is 18.6. The summed E-state index contributed by atoms with van der Waals surface area (Å²) < 4.78 is 6.05. The van der Waals surface area contributed by atoms with Gasteiger partial charge in [-0.05, 0) is 55.5 Å². The van der Waals surface area contributed by atoms with Crippen molar-refractivity contribution in [3.05, 3.63) is 112 Å². The van der Waals surface area contributed by atoms with Crippen LogP contribution in [0.15, 0.2) is 91.0 Å². The Bertz CT molecular complexity index is 1450. The molecule has 7 heteroatoms. The van der Waals surface area contributed by atoms with E-state index in [2.05, 4.69) is 5.32 Å². The van der Waals surface area contributed by atoms with Crippen LogP contribution in [0.2, 0.25) is 10.0 Å². The van der Waals surface area contributed by atoms with Crippen molar-refractivity contribution in [1.82, 2.24) is 10.2 Å². The van der Waals surface area contributed by atoms with Gasteiger partial charge in [0.05, 0.1) is 10.0 Å². The largest absolute Gasteiger partial charge is 0.483 e. The van der Waals surface area contributed by atoms with Crippen LogP contribution in [0, 0.1) is 0 Å². The third-order valence-electron chi connectivity index (χ3n) is 6.21. The van der Waals surface area contributed by atoms with Gasteiger partial charge in [-0.1, -0.05) is 96.0 Å². The SMILES string of the molecule is CC(C)(C)NC(=O)[C@H](Cc1ccccc1)N(Cc1ccc(Cl)c(Cl)c1)C(=O)COc1cccc2ccccc12. The molecule has 0 fully saturated rings. The van der Waals surface area contributed by atoms with Gasteiger partial charge in [-0.2, -0.15) is 0 Å². The molecule has 0 unspecified atom stereocenters. The van der Waals surface area contributed by atoms with E-state index in [0.29, 0.717) is 22.2 Å². The van der Waals surface area contributed by atoms with E-state index in [0.717, 1.165) is 21.9 Å². The van der Waals surface area contributed by atoms with Crippen molar-refractivity contribution in [2.75, 3.05) is 6.61 Å². The van der Waals surface area contributed by atoms with Gasteiger partial charge >= 0.3 is 0 Å². The van der Waals surface area contributed by atoms with Crippen molar-refractivity contribution >= 4 is 45.8 Å². The summed E-state index contributed by atoms with van der Waals surface area (Å²) in [6.07, 6.45) is 0.337. The van der Waals surface area contributed by atoms with Crippen molar-refractivity contribution in [2.45, 2.75) is 45.3 Å². The Morgan fingerprint density at radius 1 is 0.846 bits per heavy atom. The third kappa shape index (κ3) is 7.75. The molecule has 1 atom stereocenters. The van der Waals surface area contributed by atoms with Gasteiger partial charge in [-0.3, -0.25) is 9.59 Å². The maximum Gasteiger partial charge on any atom is 0.261 e. The average molecular weight is 564 g/mol. The fraction of sp³-hybridized carbons (Fsp3) is 0.250. The van der Waals surface area contributed by atoms with Crippen LogP contribution in [0.5, 0.6) is 5.75 Å². The van der Waals surface area contributed by atoms with E-state index in [9.17, 15) is 9.59 Å². The Balaban J connectivity index is 1.68. The van der Waals surface area contributed by atoms with Crippen LogP contribution in [0.3, 0.4) is 0 Å². The van der Waals surface area contributed by atoms with Crippen LogP contribution in [-0.2, 0) is 22.6 Å². The molecule has 0 heterocycles. The number of amides is 2. The number of halogens is 2. The minimum Gasteiger partial charge on any atom is -0.483 e. The Labute approximate surface area is 239 Å². The van der Waals surface area contributed by atoms with Crippen molar-refractivity contribution < 1.29 is 14.3 Å². The molecule has 39 heavy (non-hydrogen) atoms. The molecular formula is C32H32Cl2N2O3. The molecule has 0 saturated heterocycles. The number of nitrogens with zero attached hydrogens (tertiary/aromatic N) is 1. The zero-order valence-electron chi connectivity index (χ0n) is 22.3. The quantitative estimate of drug-likeness (QED) is 0.237. The van der Waals surface area contributed by atoms with Crippen molar-refractivity contribution in [1.29, 1.82) is 0 Å². The summed E-state index contributed by atoms with van der Waals surface area (Å²) in [6.45, 7) is 5.67. The number of nitrogens with one attached hydrogen (secondary N) is 1. The average Bonchev–Trinajstić information content (AvgIpc) is 2.90. The van der Waals surface area contributed by atoms with Gasteiger partial charge in [0.2, 0.25) is 5.91 Å². The molecule has 0 bridgehead atoms. The molecule has 2 amide bonds. The summed E-state index contributed by atoms with van der Waals surface area (Å²) in [6, 6.07) is 27.7.